The molecule has 0 aliphatic carbocycles. The minimum absolute atomic E-state index is 0.896. The molecular weight excluding hydrogens is 258 g/mol. The number of rotatable bonds is 0. The first-order valence-corrected chi connectivity index (χ1v) is 6.99. The van der Waals surface area contributed by atoms with E-state index in [-0.39, 0.29) is 0 Å². The third-order valence-corrected chi connectivity index (χ3v) is 4.10. The first-order chi connectivity index (χ1) is 10.4. The smallest absolute Gasteiger partial charge is 0.143 e. The van der Waals surface area contributed by atoms with E-state index in [1.165, 1.54) is 5.39 Å². The highest BCUT2D eigenvalue weighted by molar-refractivity contribution is 6.22. The van der Waals surface area contributed by atoms with Gasteiger partial charge in [-0.15, -0.1) is 0 Å². The second-order valence-electron chi connectivity index (χ2n) is 5.28. The van der Waals surface area contributed by atoms with Crippen LogP contribution in [-0.4, -0.2) is 4.98 Å². The van der Waals surface area contributed by atoms with Crippen LogP contribution in [0.25, 0.3) is 43.6 Å². The summed E-state index contributed by atoms with van der Waals surface area (Å²) in [6.07, 6.45) is 1.83. The van der Waals surface area contributed by atoms with E-state index in [1.807, 2.05) is 30.5 Å². The summed E-state index contributed by atoms with van der Waals surface area (Å²) in [5, 5.41) is 5.72. The van der Waals surface area contributed by atoms with E-state index in [0.29, 0.717) is 0 Å². The van der Waals surface area contributed by atoms with Gasteiger partial charge in [-0.3, -0.25) is 4.98 Å². The van der Waals surface area contributed by atoms with Crippen LogP contribution < -0.4 is 0 Å². The molecule has 0 amide bonds. The van der Waals surface area contributed by atoms with Crippen molar-refractivity contribution < 1.29 is 4.42 Å². The molecular formula is C19H11NO. The minimum atomic E-state index is 0.896. The van der Waals surface area contributed by atoms with Gasteiger partial charge >= 0.3 is 0 Å². The van der Waals surface area contributed by atoms with Crippen LogP contribution in [0, 0.1) is 0 Å². The molecule has 21 heavy (non-hydrogen) atoms. The summed E-state index contributed by atoms with van der Waals surface area (Å²) < 4.78 is 6.13. The van der Waals surface area contributed by atoms with E-state index >= 15 is 0 Å². The highest BCUT2D eigenvalue weighted by Crippen LogP contribution is 2.36. The van der Waals surface area contributed by atoms with Gasteiger partial charge in [-0.25, -0.2) is 0 Å². The van der Waals surface area contributed by atoms with Gasteiger partial charge in [-0.1, -0.05) is 36.4 Å². The maximum atomic E-state index is 6.13. The van der Waals surface area contributed by atoms with Crippen LogP contribution in [0.1, 0.15) is 0 Å². The quantitative estimate of drug-likeness (QED) is 0.382. The lowest BCUT2D eigenvalue weighted by Crippen LogP contribution is -1.78. The number of furan rings is 1. The Morgan fingerprint density at radius 2 is 1.57 bits per heavy atom. The summed E-state index contributed by atoms with van der Waals surface area (Å²) in [7, 11) is 0. The number of hydrogen-bond acceptors (Lipinski definition) is 2. The Hall–Kier alpha value is -2.87. The topological polar surface area (TPSA) is 26.0 Å². The van der Waals surface area contributed by atoms with Crippen molar-refractivity contribution in [1.82, 2.24) is 4.98 Å². The molecule has 0 aliphatic rings. The largest absolute Gasteiger partial charge is 0.455 e. The molecule has 2 nitrogen and oxygen atoms in total. The van der Waals surface area contributed by atoms with Crippen molar-refractivity contribution in [1.29, 1.82) is 0 Å². The van der Waals surface area contributed by atoms with Crippen LogP contribution in [0.5, 0.6) is 0 Å². The average Bonchev–Trinajstić information content (AvgIpc) is 2.94. The zero-order valence-electron chi connectivity index (χ0n) is 11.2. The highest BCUT2D eigenvalue weighted by Gasteiger charge is 2.13. The zero-order valence-corrected chi connectivity index (χ0v) is 11.2. The SMILES string of the molecule is c1ccc2c(c1)ccc1c2oc2ccc3cccnc3c21. The molecule has 0 radical (unpaired) electrons. The summed E-state index contributed by atoms with van der Waals surface area (Å²) in [5.41, 5.74) is 2.85. The van der Waals surface area contributed by atoms with Crippen molar-refractivity contribution in [3.63, 3.8) is 0 Å². The fourth-order valence-electron chi connectivity index (χ4n) is 3.13. The number of aromatic nitrogens is 1. The van der Waals surface area contributed by atoms with Gasteiger partial charge < -0.3 is 4.42 Å². The summed E-state index contributed by atoms with van der Waals surface area (Å²) in [6, 6.07) is 20.7. The molecule has 0 N–H and O–H groups in total. The van der Waals surface area contributed by atoms with Crippen LogP contribution in [0.4, 0.5) is 0 Å². The molecule has 2 heterocycles. The van der Waals surface area contributed by atoms with Crippen LogP contribution in [0.3, 0.4) is 0 Å². The van der Waals surface area contributed by atoms with Gasteiger partial charge in [0.15, 0.2) is 0 Å². The van der Waals surface area contributed by atoms with Crippen molar-refractivity contribution >= 4 is 43.6 Å². The molecule has 3 aromatic carbocycles. The molecule has 0 saturated carbocycles. The predicted molar refractivity (Wildman–Crippen MR) is 86.5 cm³/mol. The van der Waals surface area contributed by atoms with E-state index in [0.717, 1.165) is 38.2 Å². The van der Waals surface area contributed by atoms with Crippen molar-refractivity contribution in [2.75, 3.05) is 0 Å². The number of hydrogen-bond donors (Lipinski definition) is 0. The second kappa shape index (κ2) is 3.83. The van der Waals surface area contributed by atoms with Crippen molar-refractivity contribution in [3.05, 3.63) is 66.9 Å². The Morgan fingerprint density at radius 1 is 0.714 bits per heavy atom. The normalized spacial score (nSPS) is 11.8. The molecule has 0 spiro atoms. The van der Waals surface area contributed by atoms with Crippen LogP contribution in [-0.2, 0) is 0 Å². The summed E-state index contributed by atoms with van der Waals surface area (Å²) >= 11 is 0. The molecule has 0 bridgehead atoms. The molecule has 0 atom stereocenters. The minimum Gasteiger partial charge on any atom is -0.455 e. The first-order valence-electron chi connectivity index (χ1n) is 6.99. The Labute approximate surface area is 120 Å². The van der Waals surface area contributed by atoms with E-state index < -0.39 is 0 Å². The Bertz CT molecular complexity index is 1140. The third-order valence-electron chi connectivity index (χ3n) is 4.10. The first kappa shape index (κ1) is 10.9. The Kier molecular flexibility index (Phi) is 1.98. The number of nitrogens with zero attached hydrogens (tertiary/aromatic N) is 1. The van der Waals surface area contributed by atoms with Gasteiger partial charge in [-0.2, -0.15) is 0 Å². The van der Waals surface area contributed by atoms with Crippen molar-refractivity contribution in [2.24, 2.45) is 0 Å². The van der Waals surface area contributed by atoms with Crippen molar-refractivity contribution in [3.8, 4) is 0 Å². The van der Waals surface area contributed by atoms with E-state index in [4.69, 9.17) is 4.42 Å². The van der Waals surface area contributed by atoms with Crippen molar-refractivity contribution in [2.45, 2.75) is 0 Å². The van der Waals surface area contributed by atoms with Gasteiger partial charge in [0.05, 0.1) is 10.9 Å². The van der Waals surface area contributed by atoms with Crippen LogP contribution >= 0.6 is 0 Å². The maximum absolute atomic E-state index is 6.13. The van der Waals surface area contributed by atoms with Crippen LogP contribution in [0.2, 0.25) is 0 Å². The second-order valence-corrected chi connectivity index (χ2v) is 5.28. The van der Waals surface area contributed by atoms with Gasteiger partial charge in [0.1, 0.15) is 11.2 Å². The fraction of sp³-hybridized carbons (Fsp3) is 0. The third kappa shape index (κ3) is 1.39. The molecule has 98 valence electrons. The van der Waals surface area contributed by atoms with Gasteiger partial charge in [0.25, 0.3) is 0 Å². The van der Waals surface area contributed by atoms with Gasteiger partial charge in [-0.05, 0) is 29.7 Å². The van der Waals surface area contributed by atoms with Gasteiger partial charge in [0.2, 0.25) is 0 Å². The maximum Gasteiger partial charge on any atom is 0.143 e. The highest BCUT2D eigenvalue weighted by atomic mass is 16.3. The van der Waals surface area contributed by atoms with Gasteiger partial charge in [0, 0.05) is 22.4 Å². The lowest BCUT2D eigenvalue weighted by Gasteiger charge is -1.98. The molecule has 0 saturated heterocycles. The molecule has 5 aromatic rings. The summed E-state index contributed by atoms with van der Waals surface area (Å²) in [6.45, 7) is 0. The lowest BCUT2D eigenvalue weighted by atomic mass is 10.0. The lowest BCUT2D eigenvalue weighted by molar-refractivity contribution is 0.673. The fourth-order valence-corrected chi connectivity index (χ4v) is 3.13. The Morgan fingerprint density at radius 3 is 2.57 bits per heavy atom. The molecule has 0 aliphatic heterocycles. The Balaban J connectivity index is 2.11. The predicted octanol–water partition coefficient (Wildman–Crippen LogP) is 5.29. The molecule has 2 heteroatoms. The van der Waals surface area contributed by atoms with E-state index in [9.17, 15) is 0 Å². The molecule has 0 fully saturated rings. The molecule has 5 rings (SSSR count). The number of benzene rings is 3. The van der Waals surface area contributed by atoms with Crippen LogP contribution in [0.15, 0.2) is 71.3 Å². The summed E-state index contributed by atoms with van der Waals surface area (Å²) in [4.78, 5) is 4.55. The molecule has 0 unspecified atom stereocenters. The standard InChI is InChI=1S/C19H11NO/c1-2-6-14-12(4-1)7-9-15-17-16(21-19(14)15)10-8-13-5-3-11-20-18(13)17/h1-11H. The number of fused-ring (bicyclic) bond motifs is 7. The number of pyridine rings is 1. The monoisotopic (exact) mass is 269 g/mol. The average molecular weight is 269 g/mol. The summed E-state index contributed by atoms with van der Waals surface area (Å²) in [5.74, 6) is 0. The van der Waals surface area contributed by atoms with E-state index in [2.05, 4.69) is 41.4 Å². The zero-order chi connectivity index (χ0) is 13.8. The van der Waals surface area contributed by atoms with E-state index in [1.54, 1.807) is 0 Å². The molecule has 2 aromatic heterocycles.